The Kier molecular flexibility index (Phi) is 9.34. The average molecular weight is 657 g/mol. The fourth-order valence-corrected chi connectivity index (χ4v) is 5.74. The summed E-state index contributed by atoms with van der Waals surface area (Å²) in [4.78, 5) is 13.6. The van der Waals surface area contributed by atoms with Gasteiger partial charge in [-0.25, -0.2) is 22.8 Å². The van der Waals surface area contributed by atoms with E-state index in [1.54, 1.807) is 18.5 Å². The minimum atomic E-state index is -2.99. The molecule has 2 N–H and O–H groups in total. The smallest absolute Gasteiger partial charge is 0.153 e. The Labute approximate surface area is 252 Å². The van der Waals surface area contributed by atoms with Crippen LogP contribution >= 0.6 is 15.9 Å². The minimum Gasteiger partial charge on any atom is -0.489 e. The van der Waals surface area contributed by atoms with Gasteiger partial charge >= 0.3 is 0 Å². The minimum absolute atomic E-state index is 0.111. The van der Waals surface area contributed by atoms with E-state index >= 15 is 0 Å². The van der Waals surface area contributed by atoms with Gasteiger partial charge in [-0.3, -0.25) is 4.98 Å². The van der Waals surface area contributed by atoms with Crippen molar-refractivity contribution in [3.63, 3.8) is 0 Å². The van der Waals surface area contributed by atoms with Gasteiger partial charge in [0.15, 0.2) is 5.60 Å². The molecule has 2 aromatic heterocycles. The summed E-state index contributed by atoms with van der Waals surface area (Å²) in [7, 11) is -2.99. The third-order valence-corrected chi connectivity index (χ3v) is 8.45. The SMILES string of the molecule is CS(=O)(=O)CCNCCCC1(c2cc3c(Nc4ccc(OCc5cccc(F)c5)c(Br)c4)ncnc3cn2)CC=CO1. The first-order valence-corrected chi connectivity index (χ1v) is 16.3. The highest BCUT2D eigenvalue weighted by atomic mass is 79.9. The third-order valence-electron chi connectivity index (χ3n) is 6.89. The summed E-state index contributed by atoms with van der Waals surface area (Å²) in [6.45, 7) is 1.33. The lowest BCUT2D eigenvalue weighted by atomic mass is 9.90. The topological polar surface area (TPSA) is 115 Å². The van der Waals surface area contributed by atoms with E-state index in [1.807, 2.05) is 36.4 Å². The molecule has 0 aliphatic carbocycles. The number of anilines is 2. The van der Waals surface area contributed by atoms with Crippen LogP contribution in [0.2, 0.25) is 0 Å². The van der Waals surface area contributed by atoms with Gasteiger partial charge in [0.2, 0.25) is 0 Å². The molecule has 0 saturated heterocycles. The van der Waals surface area contributed by atoms with Gasteiger partial charge in [-0.1, -0.05) is 12.1 Å². The molecule has 220 valence electrons. The molecule has 9 nitrogen and oxygen atoms in total. The van der Waals surface area contributed by atoms with E-state index in [0.717, 1.165) is 33.2 Å². The monoisotopic (exact) mass is 655 g/mol. The summed E-state index contributed by atoms with van der Waals surface area (Å²) >= 11 is 3.57. The van der Waals surface area contributed by atoms with Gasteiger partial charge in [0.25, 0.3) is 0 Å². The number of aromatic nitrogens is 3. The summed E-state index contributed by atoms with van der Waals surface area (Å²) in [6.07, 6.45) is 10.3. The molecule has 3 heterocycles. The van der Waals surface area contributed by atoms with Crippen LogP contribution in [0.1, 0.15) is 30.5 Å². The van der Waals surface area contributed by atoms with Crippen molar-refractivity contribution in [2.45, 2.75) is 31.5 Å². The molecular weight excluding hydrogens is 625 g/mol. The summed E-state index contributed by atoms with van der Waals surface area (Å²) in [6, 6.07) is 13.9. The Bertz CT molecular complexity index is 1690. The third kappa shape index (κ3) is 7.61. The number of sulfone groups is 1. The number of nitrogens with one attached hydrogen (secondary N) is 2. The Morgan fingerprint density at radius 1 is 1.12 bits per heavy atom. The lowest BCUT2D eigenvalue weighted by Crippen LogP contribution is -2.29. The van der Waals surface area contributed by atoms with E-state index in [0.29, 0.717) is 43.0 Å². The number of hydrogen-bond donors (Lipinski definition) is 2. The molecule has 0 saturated carbocycles. The van der Waals surface area contributed by atoms with Crippen molar-refractivity contribution < 1.29 is 22.3 Å². The molecular formula is C30H31BrFN5O4S. The second kappa shape index (κ2) is 13.1. The van der Waals surface area contributed by atoms with Crippen LogP contribution in [0, 0.1) is 5.82 Å². The van der Waals surface area contributed by atoms with E-state index in [9.17, 15) is 12.8 Å². The van der Waals surface area contributed by atoms with Crippen LogP contribution in [0.3, 0.4) is 0 Å². The highest BCUT2D eigenvalue weighted by Gasteiger charge is 2.36. The van der Waals surface area contributed by atoms with Gasteiger partial charge in [0.1, 0.15) is 40.2 Å². The predicted molar refractivity (Wildman–Crippen MR) is 164 cm³/mol. The number of nitrogens with zero attached hydrogens (tertiary/aromatic N) is 3. The number of rotatable bonds is 13. The fraction of sp³-hybridized carbons (Fsp3) is 0.300. The zero-order valence-electron chi connectivity index (χ0n) is 23.0. The van der Waals surface area contributed by atoms with Crippen LogP contribution in [0.4, 0.5) is 15.9 Å². The first-order valence-electron chi connectivity index (χ1n) is 13.5. The number of benzene rings is 2. The van der Waals surface area contributed by atoms with Crippen molar-refractivity contribution in [3.8, 4) is 5.75 Å². The molecule has 12 heteroatoms. The fourth-order valence-electron chi connectivity index (χ4n) is 4.73. The molecule has 0 fully saturated rings. The van der Waals surface area contributed by atoms with Gasteiger partial charge in [-0.05, 0) is 83.4 Å². The largest absolute Gasteiger partial charge is 0.489 e. The highest BCUT2D eigenvalue weighted by molar-refractivity contribution is 9.10. The van der Waals surface area contributed by atoms with Crippen molar-refractivity contribution in [2.75, 3.05) is 30.4 Å². The summed E-state index contributed by atoms with van der Waals surface area (Å²) in [5.74, 6) is 1.06. The standard InChI is InChI=1S/C30H31BrFN5O4S/c1-42(38,39)14-12-33-11-3-9-30(10-4-13-41-30)28-17-24-26(18-34-28)35-20-36-29(24)37-23-7-8-27(25(31)16-23)40-19-21-5-2-6-22(32)15-21/h2,4-8,13,15-18,20,33H,3,9-12,14,19H2,1H3,(H,35,36,37). The number of fused-ring (bicyclic) bond motifs is 1. The Morgan fingerprint density at radius 3 is 2.76 bits per heavy atom. The van der Waals surface area contributed by atoms with Crippen LogP contribution in [0.25, 0.3) is 10.9 Å². The maximum atomic E-state index is 13.5. The Morgan fingerprint density at radius 2 is 2.00 bits per heavy atom. The molecule has 0 bridgehead atoms. The zero-order valence-corrected chi connectivity index (χ0v) is 25.4. The normalized spacial score (nSPS) is 16.5. The maximum Gasteiger partial charge on any atom is 0.153 e. The van der Waals surface area contributed by atoms with Crippen molar-refractivity contribution in [3.05, 3.63) is 94.9 Å². The van der Waals surface area contributed by atoms with E-state index in [-0.39, 0.29) is 18.2 Å². The summed E-state index contributed by atoms with van der Waals surface area (Å²) in [5.41, 5.74) is 2.37. The number of hydrogen-bond acceptors (Lipinski definition) is 9. The van der Waals surface area contributed by atoms with Crippen LogP contribution < -0.4 is 15.4 Å². The Balaban J connectivity index is 1.29. The van der Waals surface area contributed by atoms with E-state index < -0.39 is 15.4 Å². The first kappa shape index (κ1) is 29.9. The van der Waals surface area contributed by atoms with Gasteiger partial charge in [0, 0.05) is 30.3 Å². The van der Waals surface area contributed by atoms with Gasteiger partial charge in [-0.15, -0.1) is 0 Å². The lowest BCUT2D eigenvalue weighted by Gasteiger charge is -2.28. The lowest BCUT2D eigenvalue weighted by molar-refractivity contribution is 0.0265. The molecule has 1 atom stereocenters. The summed E-state index contributed by atoms with van der Waals surface area (Å²) < 4.78 is 48.9. The zero-order chi connectivity index (χ0) is 29.6. The van der Waals surface area contributed by atoms with Crippen molar-refractivity contribution in [2.24, 2.45) is 0 Å². The van der Waals surface area contributed by atoms with Gasteiger partial charge < -0.3 is 20.1 Å². The van der Waals surface area contributed by atoms with Crippen LogP contribution in [0.15, 0.2) is 77.9 Å². The molecule has 1 aliphatic heterocycles. The van der Waals surface area contributed by atoms with E-state index in [1.165, 1.54) is 24.7 Å². The van der Waals surface area contributed by atoms with Crippen molar-refractivity contribution in [1.29, 1.82) is 0 Å². The Hall–Kier alpha value is -3.61. The van der Waals surface area contributed by atoms with Crippen LogP contribution in [0.5, 0.6) is 5.75 Å². The van der Waals surface area contributed by atoms with Gasteiger partial charge in [0.05, 0.1) is 33.9 Å². The van der Waals surface area contributed by atoms with E-state index in [4.69, 9.17) is 14.5 Å². The molecule has 42 heavy (non-hydrogen) atoms. The molecule has 2 aromatic carbocycles. The van der Waals surface area contributed by atoms with Crippen molar-refractivity contribution in [1.82, 2.24) is 20.3 Å². The van der Waals surface area contributed by atoms with E-state index in [2.05, 4.69) is 36.5 Å². The van der Waals surface area contributed by atoms with Gasteiger partial charge in [-0.2, -0.15) is 0 Å². The molecule has 0 spiro atoms. The molecule has 0 radical (unpaired) electrons. The molecule has 4 aromatic rings. The van der Waals surface area contributed by atoms with Crippen molar-refractivity contribution >= 4 is 48.2 Å². The first-order chi connectivity index (χ1) is 20.2. The molecule has 1 aliphatic rings. The average Bonchev–Trinajstić information content (AvgIpc) is 3.44. The molecule has 1 unspecified atom stereocenters. The second-order valence-corrected chi connectivity index (χ2v) is 13.3. The maximum absolute atomic E-state index is 13.5. The second-order valence-electron chi connectivity index (χ2n) is 10.2. The number of ether oxygens (including phenoxy) is 2. The van der Waals surface area contributed by atoms with Crippen LogP contribution in [-0.2, 0) is 26.8 Å². The molecule has 5 rings (SSSR count). The number of pyridine rings is 1. The quantitative estimate of drug-likeness (QED) is 0.173. The number of halogens is 2. The highest BCUT2D eigenvalue weighted by Crippen LogP contribution is 2.39. The predicted octanol–water partition coefficient (Wildman–Crippen LogP) is 5.79. The molecule has 0 amide bonds. The summed E-state index contributed by atoms with van der Waals surface area (Å²) in [5, 5.41) is 7.37. The van der Waals surface area contributed by atoms with Crippen LogP contribution in [-0.4, -0.2) is 48.5 Å².